The summed E-state index contributed by atoms with van der Waals surface area (Å²) in [5.74, 6) is 0.0743. The largest absolute Gasteiger partial charge is 0.385 e. The Hall–Kier alpha value is -1.00. The molecule has 0 bridgehead atoms. The van der Waals surface area contributed by atoms with Crippen LogP contribution < -0.4 is 5.32 Å². The summed E-state index contributed by atoms with van der Waals surface area (Å²) in [5, 5.41) is 3.19. The Morgan fingerprint density at radius 1 is 1.50 bits per heavy atom. The Morgan fingerprint density at radius 2 is 2.25 bits per heavy atom. The van der Waals surface area contributed by atoms with Crippen LogP contribution in [0.2, 0.25) is 0 Å². The first-order valence-corrected chi connectivity index (χ1v) is 5.45. The fourth-order valence-electron chi connectivity index (χ4n) is 1.85. The van der Waals surface area contributed by atoms with Crippen molar-refractivity contribution >= 4 is 0 Å². The summed E-state index contributed by atoms with van der Waals surface area (Å²) in [5.41, 5.74) is 0.881. The SMILES string of the molecule is CNC(c1cncc(F)c1)C(C)CCOC. The molecule has 0 saturated carbocycles. The monoisotopic (exact) mass is 226 g/mol. The second kappa shape index (κ2) is 6.55. The number of rotatable bonds is 6. The topological polar surface area (TPSA) is 34.2 Å². The van der Waals surface area contributed by atoms with Crippen molar-refractivity contribution in [1.82, 2.24) is 10.3 Å². The van der Waals surface area contributed by atoms with Gasteiger partial charge in [-0.25, -0.2) is 4.39 Å². The third kappa shape index (κ3) is 3.54. The lowest BCUT2D eigenvalue weighted by atomic mass is 9.93. The number of hydrogen-bond donors (Lipinski definition) is 1. The van der Waals surface area contributed by atoms with Gasteiger partial charge in [-0.15, -0.1) is 0 Å². The van der Waals surface area contributed by atoms with Gasteiger partial charge in [0, 0.05) is 26.0 Å². The highest BCUT2D eigenvalue weighted by Gasteiger charge is 2.17. The maximum Gasteiger partial charge on any atom is 0.141 e. The maximum absolute atomic E-state index is 13.1. The number of aromatic nitrogens is 1. The molecule has 16 heavy (non-hydrogen) atoms. The first-order chi connectivity index (χ1) is 7.69. The quantitative estimate of drug-likeness (QED) is 0.807. The van der Waals surface area contributed by atoms with Gasteiger partial charge in [0.15, 0.2) is 0 Å². The van der Waals surface area contributed by atoms with Gasteiger partial charge in [0.1, 0.15) is 5.82 Å². The minimum atomic E-state index is -0.295. The molecule has 4 heteroatoms. The van der Waals surface area contributed by atoms with Crippen molar-refractivity contribution in [1.29, 1.82) is 0 Å². The lowest BCUT2D eigenvalue weighted by molar-refractivity contribution is 0.171. The van der Waals surface area contributed by atoms with Gasteiger partial charge in [0.25, 0.3) is 0 Å². The van der Waals surface area contributed by atoms with Crippen LogP contribution in [-0.4, -0.2) is 25.7 Å². The average molecular weight is 226 g/mol. The Labute approximate surface area is 96.0 Å². The summed E-state index contributed by atoms with van der Waals surface area (Å²) >= 11 is 0. The first kappa shape index (κ1) is 13.1. The highest BCUT2D eigenvalue weighted by Crippen LogP contribution is 2.23. The van der Waals surface area contributed by atoms with E-state index < -0.39 is 0 Å². The van der Waals surface area contributed by atoms with Crippen LogP contribution in [0.15, 0.2) is 18.5 Å². The summed E-state index contributed by atoms with van der Waals surface area (Å²) < 4.78 is 18.1. The molecule has 0 spiro atoms. The van der Waals surface area contributed by atoms with Gasteiger partial charge in [-0.1, -0.05) is 6.92 Å². The van der Waals surface area contributed by atoms with E-state index in [0.29, 0.717) is 12.5 Å². The minimum absolute atomic E-state index is 0.110. The molecule has 0 aromatic carbocycles. The molecular formula is C12H19FN2O. The number of ether oxygens (including phenoxy) is 1. The highest BCUT2D eigenvalue weighted by molar-refractivity contribution is 5.15. The summed E-state index contributed by atoms with van der Waals surface area (Å²) in [4.78, 5) is 3.87. The van der Waals surface area contributed by atoms with E-state index in [1.54, 1.807) is 13.3 Å². The zero-order valence-electron chi connectivity index (χ0n) is 10.0. The second-order valence-electron chi connectivity index (χ2n) is 3.96. The Balaban J connectivity index is 2.73. The first-order valence-electron chi connectivity index (χ1n) is 5.45. The fraction of sp³-hybridized carbons (Fsp3) is 0.583. The van der Waals surface area contributed by atoms with Crippen LogP contribution >= 0.6 is 0 Å². The number of halogens is 1. The summed E-state index contributed by atoms with van der Waals surface area (Å²) in [6, 6.07) is 1.63. The molecule has 1 rings (SSSR count). The van der Waals surface area contributed by atoms with E-state index in [1.807, 2.05) is 7.05 Å². The lowest BCUT2D eigenvalue weighted by Gasteiger charge is -2.23. The lowest BCUT2D eigenvalue weighted by Crippen LogP contribution is -2.24. The Bertz CT molecular complexity index is 320. The van der Waals surface area contributed by atoms with Gasteiger partial charge in [-0.3, -0.25) is 4.98 Å². The van der Waals surface area contributed by atoms with Gasteiger partial charge >= 0.3 is 0 Å². The molecule has 0 aliphatic carbocycles. The van der Waals surface area contributed by atoms with Crippen LogP contribution in [0.5, 0.6) is 0 Å². The molecule has 0 amide bonds. The molecule has 1 aromatic heterocycles. The van der Waals surface area contributed by atoms with Crippen LogP contribution in [0.25, 0.3) is 0 Å². The number of nitrogens with one attached hydrogen (secondary N) is 1. The van der Waals surface area contributed by atoms with Crippen molar-refractivity contribution in [2.75, 3.05) is 20.8 Å². The Kier molecular flexibility index (Phi) is 5.35. The van der Waals surface area contributed by atoms with Gasteiger partial charge in [-0.05, 0) is 31.0 Å². The van der Waals surface area contributed by atoms with E-state index >= 15 is 0 Å². The minimum Gasteiger partial charge on any atom is -0.385 e. The van der Waals surface area contributed by atoms with Crippen molar-refractivity contribution in [2.45, 2.75) is 19.4 Å². The van der Waals surface area contributed by atoms with E-state index in [9.17, 15) is 4.39 Å². The number of hydrogen-bond acceptors (Lipinski definition) is 3. The second-order valence-corrected chi connectivity index (χ2v) is 3.96. The van der Waals surface area contributed by atoms with E-state index in [4.69, 9.17) is 4.74 Å². The average Bonchev–Trinajstić information content (AvgIpc) is 2.27. The normalized spacial score (nSPS) is 14.8. The zero-order chi connectivity index (χ0) is 12.0. The molecule has 0 aliphatic rings. The van der Waals surface area contributed by atoms with E-state index in [0.717, 1.165) is 12.0 Å². The predicted octanol–water partition coefficient (Wildman–Crippen LogP) is 2.15. The van der Waals surface area contributed by atoms with Crippen LogP contribution in [0.3, 0.4) is 0 Å². The van der Waals surface area contributed by atoms with Crippen molar-refractivity contribution in [3.05, 3.63) is 29.8 Å². The molecule has 1 N–H and O–H groups in total. The zero-order valence-corrected chi connectivity index (χ0v) is 10.0. The van der Waals surface area contributed by atoms with Crippen molar-refractivity contribution < 1.29 is 9.13 Å². The van der Waals surface area contributed by atoms with Crippen LogP contribution in [0.1, 0.15) is 24.9 Å². The smallest absolute Gasteiger partial charge is 0.141 e. The molecule has 1 aromatic rings. The van der Waals surface area contributed by atoms with E-state index in [-0.39, 0.29) is 11.9 Å². The number of methoxy groups -OCH3 is 1. The molecule has 2 atom stereocenters. The number of pyridine rings is 1. The highest BCUT2D eigenvalue weighted by atomic mass is 19.1. The molecule has 0 saturated heterocycles. The molecule has 0 aliphatic heterocycles. The molecule has 3 nitrogen and oxygen atoms in total. The van der Waals surface area contributed by atoms with Crippen molar-refractivity contribution in [3.8, 4) is 0 Å². The van der Waals surface area contributed by atoms with E-state index in [1.165, 1.54) is 12.3 Å². The number of nitrogens with zero attached hydrogens (tertiary/aromatic N) is 1. The van der Waals surface area contributed by atoms with Crippen molar-refractivity contribution in [3.63, 3.8) is 0 Å². The van der Waals surface area contributed by atoms with Gasteiger partial charge in [-0.2, -0.15) is 0 Å². The van der Waals surface area contributed by atoms with Crippen LogP contribution in [-0.2, 0) is 4.74 Å². The molecular weight excluding hydrogens is 207 g/mol. The van der Waals surface area contributed by atoms with Crippen LogP contribution in [0.4, 0.5) is 4.39 Å². The standard InChI is InChI=1S/C12H19FN2O/c1-9(4-5-16-3)12(14-2)10-6-11(13)8-15-7-10/h6-9,12,14H,4-5H2,1-3H3. The molecule has 0 fully saturated rings. The third-order valence-electron chi connectivity index (χ3n) is 2.74. The van der Waals surface area contributed by atoms with Gasteiger partial charge in [0.05, 0.1) is 6.20 Å². The fourth-order valence-corrected chi connectivity index (χ4v) is 1.85. The molecule has 0 radical (unpaired) electrons. The molecule has 2 unspecified atom stereocenters. The van der Waals surface area contributed by atoms with Gasteiger partial charge in [0.2, 0.25) is 0 Å². The molecule has 1 heterocycles. The van der Waals surface area contributed by atoms with Gasteiger partial charge < -0.3 is 10.1 Å². The maximum atomic E-state index is 13.1. The summed E-state index contributed by atoms with van der Waals surface area (Å²) in [6.45, 7) is 2.83. The van der Waals surface area contributed by atoms with E-state index in [2.05, 4.69) is 17.2 Å². The summed E-state index contributed by atoms with van der Waals surface area (Å²) in [6.07, 6.45) is 3.85. The van der Waals surface area contributed by atoms with Crippen molar-refractivity contribution in [2.24, 2.45) is 5.92 Å². The summed E-state index contributed by atoms with van der Waals surface area (Å²) in [7, 11) is 3.56. The Morgan fingerprint density at radius 3 is 2.81 bits per heavy atom. The predicted molar refractivity (Wildman–Crippen MR) is 61.7 cm³/mol. The van der Waals surface area contributed by atoms with Crippen LogP contribution in [0, 0.1) is 11.7 Å². The molecule has 90 valence electrons. The third-order valence-corrected chi connectivity index (χ3v) is 2.74.